The summed E-state index contributed by atoms with van der Waals surface area (Å²) in [6.07, 6.45) is 6.42. The standard InChI is InChI=1S/C31H37NO7/c1-18-9-7-13-22(17-33)29-25(37-29)16-26(34)38-39-31-23(14-8-10-18)28(35)20(3)19(2)27(31)24(32-30(31)36)15-21-11-5-4-6-12-21/h4-6,8,11-12,14,17-19,23-25,27-28,35H,3,7,9-10,13,15-16H2,1-2H3,(H,32,36)/b14-8+,29-22+/t18-,19-,23?,24+,25?,27?,28-,31-/m1/s1. The molecule has 1 aromatic carbocycles. The lowest BCUT2D eigenvalue weighted by molar-refractivity contribution is -0.348. The Labute approximate surface area is 229 Å². The number of hydrogen-bond donors (Lipinski definition) is 2. The van der Waals surface area contributed by atoms with Gasteiger partial charge in [-0.05, 0) is 48.7 Å². The fraction of sp³-hybridized carbons (Fsp3) is 0.516. The predicted molar refractivity (Wildman–Crippen MR) is 143 cm³/mol. The van der Waals surface area contributed by atoms with E-state index in [1.807, 2.05) is 49.4 Å². The quantitative estimate of drug-likeness (QED) is 0.262. The number of benzene rings is 1. The molecule has 8 nitrogen and oxygen atoms in total. The van der Waals surface area contributed by atoms with Gasteiger partial charge in [-0.3, -0.25) is 14.5 Å². The third-order valence-electron chi connectivity index (χ3n) is 8.85. The minimum absolute atomic E-state index is 0.135. The normalized spacial score (nSPS) is 39.8. The van der Waals surface area contributed by atoms with Crippen LogP contribution in [0.2, 0.25) is 0 Å². The summed E-state index contributed by atoms with van der Waals surface area (Å²) in [4.78, 5) is 49.6. The van der Waals surface area contributed by atoms with Crippen LogP contribution >= 0.6 is 0 Å². The molecular formula is C31H37NO7. The summed E-state index contributed by atoms with van der Waals surface area (Å²) in [6.45, 7) is 8.25. The Bertz CT molecular complexity index is 1190. The van der Waals surface area contributed by atoms with E-state index in [-0.39, 0.29) is 18.4 Å². The maximum atomic E-state index is 13.9. The van der Waals surface area contributed by atoms with Gasteiger partial charge in [0.15, 0.2) is 6.10 Å². The second kappa shape index (κ2) is 11.1. The highest BCUT2D eigenvalue weighted by atomic mass is 17.2. The van der Waals surface area contributed by atoms with Crippen LogP contribution in [0.3, 0.4) is 0 Å². The first kappa shape index (κ1) is 27.3. The fourth-order valence-electron chi connectivity index (χ4n) is 6.62. The van der Waals surface area contributed by atoms with Crippen molar-refractivity contribution in [2.24, 2.45) is 23.7 Å². The summed E-state index contributed by atoms with van der Waals surface area (Å²) >= 11 is 0. The Morgan fingerprint density at radius 2 is 1.97 bits per heavy atom. The van der Waals surface area contributed by atoms with E-state index in [1.54, 1.807) is 0 Å². The molecular weight excluding hydrogens is 498 g/mol. The molecule has 3 heterocycles. The number of fused-ring (bicyclic) bond motifs is 1. The first-order valence-electron chi connectivity index (χ1n) is 13.9. The van der Waals surface area contributed by atoms with Crippen LogP contribution < -0.4 is 5.32 Å². The monoisotopic (exact) mass is 535 g/mol. The average Bonchev–Trinajstić information content (AvgIpc) is 3.61. The summed E-state index contributed by atoms with van der Waals surface area (Å²) < 4.78 is 5.54. The largest absolute Gasteiger partial charge is 0.482 e. The van der Waals surface area contributed by atoms with Crippen molar-refractivity contribution in [1.82, 2.24) is 5.32 Å². The second-order valence-electron chi connectivity index (χ2n) is 11.4. The molecule has 4 aliphatic rings. The molecule has 39 heavy (non-hydrogen) atoms. The van der Waals surface area contributed by atoms with Gasteiger partial charge in [-0.15, -0.1) is 0 Å². The molecule has 1 aromatic rings. The highest BCUT2D eigenvalue weighted by molar-refractivity contribution is 5.90. The number of aliphatic hydroxyl groups is 1. The number of allylic oxidation sites excluding steroid dienone is 2. The van der Waals surface area contributed by atoms with Gasteiger partial charge >= 0.3 is 5.97 Å². The minimum atomic E-state index is -1.64. The number of nitrogens with one attached hydrogen (secondary N) is 1. The molecule has 2 N–H and O–H groups in total. The molecule has 8 atom stereocenters. The zero-order valence-corrected chi connectivity index (χ0v) is 22.5. The summed E-state index contributed by atoms with van der Waals surface area (Å²) in [5.74, 6) is -1.83. The van der Waals surface area contributed by atoms with Crippen molar-refractivity contribution in [3.8, 4) is 0 Å². The highest BCUT2D eigenvalue weighted by Gasteiger charge is 2.68. The summed E-state index contributed by atoms with van der Waals surface area (Å²) in [5.41, 5.74) is 0.609. The van der Waals surface area contributed by atoms with Gasteiger partial charge in [0.2, 0.25) is 5.60 Å². The summed E-state index contributed by atoms with van der Waals surface area (Å²) in [6, 6.07) is 9.52. The number of carbonyl (C=O) groups excluding carboxylic acids is 3. The molecule has 0 aromatic heterocycles. The predicted octanol–water partition coefficient (Wildman–Crippen LogP) is 3.75. The van der Waals surface area contributed by atoms with Crippen molar-refractivity contribution in [3.63, 3.8) is 0 Å². The average molecular weight is 536 g/mol. The van der Waals surface area contributed by atoms with Gasteiger partial charge < -0.3 is 15.2 Å². The number of aldehydes is 1. The Morgan fingerprint density at radius 1 is 1.21 bits per heavy atom. The number of carbonyl (C=O) groups is 3. The van der Waals surface area contributed by atoms with E-state index < -0.39 is 41.5 Å². The van der Waals surface area contributed by atoms with Crippen molar-refractivity contribution in [1.29, 1.82) is 0 Å². The maximum Gasteiger partial charge on any atom is 0.346 e. The molecule has 2 saturated heterocycles. The highest BCUT2D eigenvalue weighted by Crippen LogP contribution is 2.52. The van der Waals surface area contributed by atoms with E-state index in [1.165, 1.54) is 0 Å². The third kappa shape index (κ3) is 5.20. The van der Waals surface area contributed by atoms with Crippen LogP contribution in [0.25, 0.3) is 0 Å². The van der Waals surface area contributed by atoms with Crippen LogP contribution in [-0.4, -0.2) is 47.1 Å². The van der Waals surface area contributed by atoms with E-state index in [4.69, 9.17) is 14.5 Å². The second-order valence-corrected chi connectivity index (χ2v) is 11.4. The number of hydrogen-bond acceptors (Lipinski definition) is 7. The van der Waals surface area contributed by atoms with Gasteiger partial charge in [0.05, 0.1) is 12.5 Å². The molecule has 5 rings (SSSR count). The first-order chi connectivity index (χ1) is 18.8. The van der Waals surface area contributed by atoms with Crippen molar-refractivity contribution < 1.29 is 34.0 Å². The molecule has 1 saturated carbocycles. The van der Waals surface area contributed by atoms with Gasteiger partial charge in [0, 0.05) is 23.5 Å². The Hall–Kier alpha value is -3.23. The van der Waals surface area contributed by atoms with Crippen LogP contribution in [0.5, 0.6) is 0 Å². The van der Waals surface area contributed by atoms with Crippen LogP contribution in [0.4, 0.5) is 0 Å². The maximum absolute atomic E-state index is 13.9. The van der Waals surface area contributed by atoms with Gasteiger partial charge in [0.25, 0.3) is 5.91 Å². The van der Waals surface area contributed by atoms with Crippen molar-refractivity contribution in [2.45, 2.75) is 76.2 Å². The van der Waals surface area contributed by atoms with Crippen LogP contribution in [0.15, 0.2) is 66.0 Å². The van der Waals surface area contributed by atoms with Crippen molar-refractivity contribution in [3.05, 3.63) is 71.5 Å². The molecule has 3 fully saturated rings. The SMILES string of the molecule is C=C1[C@@H](C)C2[C@H](Cc3ccccc3)NC(=O)[C@]23OOC(=O)CC2O/C2=C(/C=O)CCC[C@@H](C)C/C=C/C3[C@@H]1O. The lowest BCUT2D eigenvalue weighted by Crippen LogP contribution is -2.61. The molecule has 3 aliphatic heterocycles. The topological polar surface area (TPSA) is 114 Å². The number of aliphatic hydroxyl groups excluding tert-OH is 1. The van der Waals surface area contributed by atoms with E-state index in [0.717, 1.165) is 24.7 Å². The van der Waals surface area contributed by atoms with Gasteiger partial charge in [-0.2, -0.15) is 4.89 Å². The fourth-order valence-corrected chi connectivity index (χ4v) is 6.62. The Kier molecular flexibility index (Phi) is 7.78. The van der Waals surface area contributed by atoms with Crippen LogP contribution in [0, 0.1) is 23.7 Å². The number of rotatable bonds is 3. The third-order valence-corrected chi connectivity index (χ3v) is 8.85. The molecule has 0 bridgehead atoms. The van der Waals surface area contributed by atoms with Gasteiger partial charge in [-0.25, -0.2) is 4.79 Å². The zero-order valence-electron chi connectivity index (χ0n) is 22.5. The van der Waals surface area contributed by atoms with E-state index in [0.29, 0.717) is 42.1 Å². The van der Waals surface area contributed by atoms with E-state index in [9.17, 15) is 19.5 Å². The molecule has 208 valence electrons. The smallest absolute Gasteiger partial charge is 0.346 e. The van der Waals surface area contributed by atoms with Crippen molar-refractivity contribution in [2.75, 3.05) is 0 Å². The van der Waals surface area contributed by atoms with E-state index in [2.05, 4.69) is 18.8 Å². The molecule has 8 heteroatoms. The minimum Gasteiger partial charge on any atom is -0.482 e. The van der Waals surface area contributed by atoms with Gasteiger partial charge in [0.1, 0.15) is 12.0 Å². The first-order valence-corrected chi connectivity index (χ1v) is 13.9. The van der Waals surface area contributed by atoms with Gasteiger partial charge in [-0.1, -0.05) is 69.3 Å². The number of ether oxygens (including phenoxy) is 1. The lowest BCUT2D eigenvalue weighted by atomic mass is 9.59. The summed E-state index contributed by atoms with van der Waals surface area (Å²) in [7, 11) is 0. The molecule has 1 spiro atoms. The molecule has 0 radical (unpaired) electrons. The Balaban J connectivity index is 1.50. The zero-order chi connectivity index (χ0) is 27.7. The van der Waals surface area contributed by atoms with Crippen LogP contribution in [-0.2, 0) is 35.3 Å². The molecule has 1 amide bonds. The van der Waals surface area contributed by atoms with E-state index >= 15 is 0 Å². The number of epoxide rings is 1. The Morgan fingerprint density at radius 3 is 2.72 bits per heavy atom. The summed E-state index contributed by atoms with van der Waals surface area (Å²) in [5, 5.41) is 14.5. The molecule has 3 unspecified atom stereocenters. The lowest BCUT2D eigenvalue weighted by Gasteiger charge is -2.48. The molecule has 1 aliphatic carbocycles. The van der Waals surface area contributed by atoms with Crippen LogP contribution in [0.1, 0.15) is 51.5 Å². The number of amides is 1. The van der Waals surface area contributed by atoms with Crippen molar-refractivity contribution >= 4 is 18.2 Å².